The molecule has 0 aliphatic carbocycles. The van der Waals surface area contributed by atoms with Crippen molar-refractivity contribution >= 4 is 18.0 Å². The lowest BCUT2D eigenvalue weighted by Crippen LogP contribution is -2.39. The van der Waals surface area contributed by atoms with Crippen molar-refractivity contribution < 1.29 is 23.9 Å². The van der Waals surface area contributed by atoms with Crippen LogP contribution in [0.3, 0.4) is 0 Å². The maximum atomic E-state index is 11.5. The average Bonchev–Trinajstić information content (AvgIpc) is 2.31. The molecule has 0 aliphatic rings. The van der Waals surface area contributed by atoms with Crippen LogP contribution in [0.15, 0.2) is 0 Å². The van der Waals surface area contributed by atoms with Crippen LogP contribution >= 0.6 is 0 Å². The van der Waals surface area contributed by atoms with E-state index in [1.807, 2.05) is 0 Å². The molecule has 0 radical (unpaired) electrons. The molecule has 2 amide bonds. The average molecular weight is 288 g/mol. The molecule has 0 saturated heterocycles. The molecule has 2 N–H and O–H groups in total. The van der Waals surface area contributed by atoms with Gasteiger partial charge >= 0.3 is 12.1 Å². The molecular formula is C13H24N2O5. The Balaban J connectivity index is 3.77. The summed E-state index contributed by atoms with van der Waals surface area (Å²) >= 11 is 0. The first-order valence-corrected chi connectivity index (χ1v) is 6.49. The number of hydrogen-bond acceptors (Lipinski definition) is 5. The van der Waals surface area contributed by atoms with Crippen LogP contribution in [0.25, 0.3) is 0 Å². The highest BCUT2D eigenvalue weighted by Crippen LogP contribution is 2.06. The van der Waals surface area contributed by atoms with E-state index >= 15 is 0 Å². The Hall–Kier alpha value is -1.79. The highest BCUT2D eigenvalue weighted by Gasteiger charge is 2.17. The van der Waals surface area contributed by atoms with Crippen molar-refractivity contribution in [1.29, 1.82) is 0 Å². The SMILES string of the molecule is COC(=O)C(C)NC(=O)CCCNC(=O)OC(C)(C)C. The van der Waals surface area contributed by atoms with Crippen molar-refractivity contribution in [2.45, 2.75) is 52.2 Å². The summed E-state index contributed by atoms with van der Waals surface area (Å²) in [7, 11) is 1.26. The van der Waals surface area contributed by atoms with Gasteiger partial charge in [-0.25, -0.2) is 9.59 Å². The zero-order valence-corrected chi connectivity index (χ0v) is 12.7. The fraction of sp³-hybridized carbons (Fsp3) is 0.769. The van der Waals surface area contributed by atoms with Crippen molar-refractivity contribution in [3.8, 4) is 0 Å². The molecule has 0 saturated carbocycles. The second-order valence-electron chi connectivity index (χ2n) is 5.34. The van der Waals surface area contributed by atoms with Crippen LogP contribution in [0.1, 0.15) is 40.5 Å². The number of carbonyl (C=O) groups is 3. The molecule has 0 aromatic rings. The Morgan fingerprint density at radius 1 is 1.20 bits per heavy atom. The molecule has 116 valence electrons. The van der Waals surface area contributed by atoms with Crippen molar-refractivity contribution in [2.24, 2.45) is 0 Å². The van der Waals surface area contributed by atoms with Gasteiger partial charge in [0, 0.05) is 13.0 Å². The van der Waals surface area contributed by atoms with Crippen LogP contribution in [-0.2, 0) is 19.1 Å². The Morgan fingerprint density at radius 3 is 2.30 bits per heavy atom. The number of alkyl carbamates (subject to hydrolysis) is 1. The molecule has 0 aromatic carbocycles. The summed E-state index contributed by atoms with van der Waals surface area (Å²) in [5.74, 6) is -0.765. The summed E-state index contributed by atoms with van der Waals surface area (Å²) < 4.78 is 9.53. The van der Waals surface area contributed by atoms with Crippen LogP contribution in [0, 0.1) is 0 Å². The summed E-state index contributed by atoms with van der Waals surface area (Å²) in [5.41, 5.74) is -0.544. The minimum atomic E-state index is -0.675. The molecule has 0 rings (SSSR count). The highest BCUT2D eigenvalue weighted by molar-refractivity contribution is 5.84. The number of methoxy groups -OCH3 is 1. The first kappa shape index (κ1) is 18.2. The quantitative estimate of drug-likeness (QED) is 0.561. The zero-order chi connectivity index (χ0) is 15.8. The molecule has 0 heterocycles. The maximum absolute atomic E-state index is 11.5. The molecule has 0 bridgehead atoms. The van der Waals surface area contributed by atoms with Gasteiger partial charge in [-0.05, 0) is 34.1 Å². The van der Waals surface area contributed by atoms with Crippen molar-refractivity contribution in [1.82, 2.24) is 10.6 Å². The molecule has 0 aromatic heterocycles. The molecule has 20 heavy (non-hydrogen) atoms. The normalized spacial score (nSPS) is 12.2. The van der Waals surface area contributed by atoms with E-state index in [-0.39, 0.29) is 12.3 Å². The van der Waals surface area contributed by atoms with E-state index in [2.05, 4.69) is 15.4 Å². The van der Waals surface area contributed by atoms with E-state index in [1.165, 1.54) is 7.11 Å². The number of ether oxygens (including phenoxy) is 2. The van der Waals surface area contributed by atoms with Gasteiger partial charge in [0.15, 0.2) is 0 Å². The molecule has 7 heteroatoms. The van der Waals surface area contributed by atoms with Gasteiger partial charge in [-0.15, -0.1) is 0 Å². The van der Waals surface area contributed by atoms with Crippen LogP contribution in [0.5, 0.6) is 0 Å². The minimum Gasteiger partial charge on any atom is -0.467 e. The number of rotatable bonds is 6. The first-order chi connectivity index (χ1) is 9.15. The van der Waals surface area contributed by atoms with Crippen LogP contribution in [0.2, 0.25) is 0 Å². The van der Waals surface area contributed by atoms with Gasteiger partial charge in [0.05, 0.1) is 7.11 Å². The molecule has 7 nitrogen and oxygen atoms in total. The molecular weight excluding hydrogens is 264 g/mol. The summed E-state index contributed by atoms with van der Waals surface area (Å²) in [4.78, 5) is 33.9. The van der Waals surface area contributed by atoms with Gasteiger partial charge < -0.3 is 20.1 Å². The summed E-state index contributed by atoms with van der Waals surface area (Å²) in [6, 6.07) is -0.675. The third-order valence-electron chi connectivity index (χ3n) is 2.18. The third-order valence-corrected chi connectivity index (χ3v) is 2.18. The fourth-order valence-electron chi connectivity index (χ4n) is 1.30. The van der Waals surface area contributed by atoms with Gasteiger partial charge in [0.2, 0.25) is 5.91 Å². The topological polar surface area (TPSA) is 93.7 Å². The Morgan fingerprint density at radius 2 is 1.80 bits per heavy atom. The monoisotopic (exact) mass is 288 g/mol. The van der Waals surface area contributed by atoms with Gasteiger partial charge in [-0.3, -0.25) is 4.79 Å². The number of carbonyl (C=O) groups excluding carboxylic acids is 3. The van der Waals surface area contributed by atoms with E-state index in [4.69, 9.17) is 4.74 Å². The van der Waals surface area contributed by atoms with Gasteiger partial charge in [-0.2, -0.15) is 0 Å². The Kier molecular flexibility index (Phi) is 7.64. The molecule has 0 aliphatic heterocycles. The summed E-state index contributed by atoms with van der Waals surface area (Å²) in [6.45, 7) is 7.19. The predicted octanol–water partition coefficient (Wildman–Crippen LogP) is 0.969. The minimum absolute atomic E-state index is 0.205. The van der Waals surface area contributed by atoms with E-state index in [0.717, 1.165) is 0 Å². The number of amides is 2. The Labute approximate surface area is 119 Å². The molecule has 0 spiro atoms. The third kappa shape index (κ3) is 9.18. The van der Waals surface area contributed by atoms with Gasteiger partial charge in [0.1, 0.15) is 11.6 Å². The highest BCUT2D eigenvalue weighted by atomic mass is 16.6. The van der Waals surface area contributed by atoms with Crippen LogP contribution in [0.4, 0.5) is 4.79 Å². The summed E-state index contributed by atoms with van der Waals surface area (Å²) in [6.07, 6.45) is 0.150. The van der Waals surface area contributed by atoms with Crippen LogP contribution in [-0.4, -0.2) is 43.3 Å². The number of esters is 1. The predicted molar refractivity (Wildman–Crippen MR) is 73.1 cm³/mol. The fourth-order valence-corrected chi connectivity index (χ4v) is 1.30. The Bertz CT molecular complexity index is 349. The lowest BCUT2D eigenvalue weighted by Gasteiger charge is -2.19. The van der Waals surface area contributed by atoms with Gasteiger partial charge in [-0.1, -0.05) is 0 Å². The van der Waals surface area contributed by atoms with Crippen LogP contribution < -0.4 is 10.6 Å². The summed E-state index contributed by atoms with van der Waals surface area (Å²) in [5, 5.41) is 5.05. The smallest absolute Gasteiger partial charge is 0.407 e. The van der Waals surface area contributed by atoms with Crippen molar-refractivity contribution in [3.63, 3.8) is 0 Å². The lowest BCUT2D eigenvalue weighted by molar-refractivity contribution is -0.144. The van der Waals surface area contributed by atoms with Crippen molar-refractivity contribution in [2.75, 3.05) is 13.7 Å². The molecule has 0 fully saturated rings. The lowest BCUT2D eigenvalue weighted by atomic mass is 10.2. The standard InChI is InChI=1S/C13H24N2O5/c1-9(11(17)19-5)15-10(16)7-6-8-14-12(18)20-13(2,3)4/h9H,6-8H2,1-5H3,(H,14,18)(H,15,16). The second-order valence-corrected chi connectivity index (χ2v) is 5.34. The number of nitrogens with one attached hydrogen (secondary N) is 2. The second kappa shape index (κ2) is 8.39. The zero-order valence-electron chi connectivity index (χ0n) is 12.7. The van der Waals surface area contributed by atoms with Gasteiger partial charge in [0.25, 0.3) is 0 Å². The van der Waals surface area contributed by atoms with Crippen molar-refractivity contribution in [3.05, 3.63) is 0 Å². The molecule has 1 unspecified atom stereocenters. The maximum Gasteiger partial charge on any atom is 0.407 e. The van der Waals surface area contributed by atoms with E-state index in [9.17, 15) is 14.4 Å². The van der Waals surface area contributed by atoms with E-state index < -0.39 is 23.7 Å². The van der Waals surface area contributed by atoms with E-state index in [1.54, 1.807) is 27.7 Å². The molecule has 1 atom stereocenters. The van der Waals surface area contributed by atoms with E-state index in [0.29, 0.717) is 13.0 Å². The number of hydrogen-bond donors (Lipinski definition) is 2. The first-order valence-electron chi connectivity index (χ1n) is 6.49. The largest absolute Gasteiger partial charge is 0.467 e.